The zero-order valence-electron chi connectivity index (χ0n) is 12.8. The molecule has 1 aromatic rings. The number of hydrogen-bond acceptors (Lipinski definition) is 2. The Morgan fingerprint density at radius 1 is 1.10 bits per heavy atom. The smallest absolute Gasteiger partial charge is 0.165 e. The van der Waals surface area contributed by atoms with Gasteiger partial charge in [-0.15, -0.1) is 0 Å². The van der Waals surface area contributed by atoms with Crippen LogP contribution in [0.1, 0.15) is 44.9 Å². The van der Waals surface area contributed by atoms with Crippen LogP contribution in [-0.4, -0.2) is 31.1 Å². The number of ether oxygens (including phenoxy) is 1. The molecule has 0 spiro atoms. The van der Waals surface area contributed by atoms with Crippen LogP contribution in [0.5, 0.6) is 5.75 Å². The first-order valence-electron chi connectivity index (χ1n) is 7.95. The Bertz CT molecular complexity index is 431. The third-order valence-electron chi connectivity index (χ3n) is 4.29. The fourth-order valence-electron chi connectivity index (χ4n) is 2.95. The highest BCUT2D eigenvalue weighted by Crippen LogP contribution is 2.21. The minimum atomic E-state index is -0.509. The molecule has 1 saturated carbocycles. The quantitative estimate of drug-likeness (QED) is 0.799. The highest BCUT2D eigenvalue weighted by Gasteiger charge is 2.16. The van der Waals surface area contributed by atoms with E-state index in [1.165, 1.54) is 44.9 Å². The van der Waals surface area contributed by atoms with E-state index in [-0.39, 0.29) is 5.75 Å². The van der Waals surface area contributed by atoms with Crippen LogP contribution in [0.3, 0.4) is 0 Å². The molecule has 1 aliphatic rings. The average molecular weight is 297 g/mol. The maximum Gasteiger partial charge on any atom is 0.165 e. The molecule has 0 heterocycles. The van der Waals surface area contributed by atoms with Gasteiger partial charge in [0.1, 0.15) is 12.4 Å². The van der Waals surface area contributed by atoms with E-state index in [1.807, 2.05) is 0 Å². The van der Waals surface area contributed by atoms with E-state index in [0.717, 1.165) is 24.7 Å². The summed E-state index contributed by atoms with van der Waals surface area (Å²) < 4.78 is 31.9. The summed E-state index contributed by atoms with van der Waals surface area (Å²) in [6.07, 6.45) is 9.04. The lowest BCUT2D eigenvalue weighted by Gasteiger charge is -2.29. The van der Waals surface area contributed by atoms with E-state index < -0.39 is 11.6 Å². The second-order valence-corrected chi connectivity index (χ2v) is 5.90. The van der Waals surface area contributed by atoms with Crippen molar-refractivity contribution in [1.29, 1.82) is 0 Å². The molecule has 0 unspecified atom stereocenters. The summed E-state index contributed by atoms with van der Waals surface area (Å²) in [5, 5.41) is 0. The number of benzene rings is 1. The zero-order chi connectivity index (χ0) is 15.1. The number of nitrogens with zero attached hydrogens (tertiary/aromatic N) is 1. The normalized spacial score (nSPS) is 17.5. The lowest BCUT2D eigenvalue weighted by atomic mass is 9.96. The van der Waals surface area contributed by atoms with E-state index in [1.54, 1.807) is 0 Å². The number of likely N-dealkylation sites (N-methyl/N-ethyl adjacent to an activating group) is 1. The summed E-state index contributed by atoms with van der Waals surface area (Å²) >= 11 is 0. The summed E-state index contributed by atoms with van der Waals surface area (Å²) in [4.78, 5) is 2.29. The molecule has 1 aromatic carbocycles. The fraction of sp³-hybridized carbons (Fsp3) is 0.647. The second-order valence-electron chi connectivity index (χ2n) is 5.90. The first kappa shape index (κ1) is 16.2. The summed E-state index contributed by atoms with van der Waals surface area (Å²) in [5.74, 6) is -0.981. The standard InChI is InChI=1S/C17H25F2NO/c1-20(15-7-5-3-2-4-6-8-15)11-12-21-17-13-14(18)9-10-16(17)19/h9-10,13,15H,2-8,11-12H2,1H3. The molecule has 2 rings (SSSR count). The van der Waals surface area contributed by atoms with Crippen molar-refractivity contribution in [1.82, 2.24) is 4.90 Å². The van der Waals surface area contributed by atoms with Gasteiger partial charge in [-0.2, -0.15) is 0 Å². The summed E-state index contributed by atoms with van der Waals surface area (Å²) in [6, 6.07) is 3.89. The van der Waals surface area contributed by atoms with Gasteiger partial charge in [0.15, 0.2) is 11.6 Å². The van der Waals surface area contributed by atoms with Gasteiger partial charge in [0.25, 0.3) is 0 Å². The predicted molar refractivity (Wildman–Crippen MR) is 80.6 cm³/mol. The van der Waals surface area contributed by atoms with Gasteiger partial charge in [0.2, 0.25) is 0 Å². The lowest BCUT2D eigenvalue weighted by Crippen LogP contribution is -2.35. The Morgan fingerprint density at radius 2 is 1.76 bits per heavy atom. The van der Waals surface area contributed by atoms with Gasteiger partial charge in [-0.05, 0) is 32.0 Å². The van der Waals surface area contributed by atoms with Crippen molar-refractivity contribution in [2.75, 3.05) is 20.2 Å². The zero-order valence-corrected chi connectivity index (χ0v) is 12.8. The van der Waals surface area contributed by atoms with E-state index in [4.69, 9.17) is 4.74 Å². The summed E-state index contributed by atoms with van der Waals surface area (Å²) in [7, 11) is 2.09. The number of hydrogen-bond donors (Lipinski definition) is 0. The van der Waals surface area contributed by atoms with Crippen molar-refractivity contribution >= 4 is 0 Å². The fourth-order valence-corrected chi connectivity index (χ4v) is 2.95. The van der Waals surface area contributed by atoms with Crippen LogP contribution in [0, 0.1) is 11.6 Å². The summed E-state index contributed by atoms with van der Waals surface area (Å²) in [6.45, 7) is 1.12. The van der Waals surface area contributed by atoms with Gasteiger partial charge in [-0.25, -0.2) is 8.78 Å². The molecular formula is C17H25F2NO. The first-order chi connectivity index (χ1) is 10.2. The van der Waals surface area contributed by atoms with Gasteiger partial charge in [-0.1, -0.05) is 32.1 Å². The maximum atomic E-state index is 13.4. The molecule has 0 amide bonds. The molecule has 1 fully saturated rings. The van der Waals surface area contributed by atoms with E-state index in [9.17, 15) is 8.78 Å². The minimum absolute atomic E-state index is 0.000987. The van der Waals surface area contributed by atoms with Gasteiger partial charge in [-0.3, -0.25) is 0 Å². The molecule has 21 heavy (non-hydrogen) atoms. The molecule has 0 N–H and O–H groups in total. The van der Waals surface area contributed by atoms with Crippen molar-refractivity contribution in [2.45, 2.75) is 51.0 Å². The number of halogens is 2. The van der Waals surface area contributed by atoms with Crippen LogP contribution in [0.4, 0.5) is 8.78 Å². The topological polar surface area (TPSA) is 12.5 Å². The average Bonchev–Trinajstić information content (AvgIpc) is 2.42. The Labute approximate surface area is 126 Å². The van der Waals surface area contributed by atoms with Crippen LogP contribution in [0.15, 0.2) is 18.2 Å². The molecule has 0 aromatic heterocycles. The lowest BCUT2D eigenvalue weighted by molar-refractivity contribution is 0.165. The van der Waals surface area contributed by atoms with Crippen LogP contribution < -0.4 is 4.74 Å². The van der Waals surface area contributed by atoms with Gasteiger partial charge in [0, 0.05) is 18.7 Å². The first-order valence-corrected chi connectivity index (χ1v) is 7.95. The highest BCUT2D eigenvalue weighted by atomic mass is 19.1. The molecule has 0 bridgehead atoms. The van der Waals surface area contributed by atoms with E-state index >= 15 is 0 Å². The highest BCUT2D eigenvalue weighted by molar-refractivity contribution is 5.24. The van der Waals surface area contributed by atoms with E-state index in [2.05, 4.69) is 11.9 Å². The Balaban J connectivity index is 1.77. The maximum absolute atomic E-state index is 13.4. The van der Waals surface area contributed by atoms with Crippen LogP contribution >= 0.6 is 0 Å². The van der Waals surface area contributed by atoms with Crippen molar-refractivity contribution in [2.24, 2.45) is 0 Å². The van der Waals surface area contributed by atoms with Crippen molar-refractivity contribution in [3.63, 3.8) is 0 Å². The molecule has 0 atom stereocenters. The second kappa shape index (κ2) is 8.32. The Morgan fingerprint density at radius 3 is 2.48 bits per heavy atom. The van der Waals surface area contributed by atoms with Crippen LogP contribution in [-0.2, 0) is 0 Å². The number of rotatable bonds is 5. The molecule has 0 radical (unpaired) electrons. The molecule has 4 heteroatoms. The van der Waals surface area contributed by atoms with Crippen molar-refractivity contribution < 1.29 is 13.5 Å². The Hall–Kier alpha value is -1.16. The van der Waals surface area contributed by atoms with Gasteiger partial charge >= 0.3 is 0 Å². The van der Waals surface area contributed by atoms with Crippen molar-refractivity contribution in [3.8, 4) is 5.75 Å². The van der Waals surface area contributed by atoms with Crippen LogP contribution in [0.2, 0.25) is 0 Å². The van der Waals surface area contributed by atoms with Gasteiger partial charge < -0.3 is 9.64 Å². The van der Waals surface area contributed by atoms with Gasteiger partial charge in [0.05, 0.1) is 0 Å². The molecule has 0 aliphatic heterocycles. The molecule has 2 nitrogen and oxygen atoms in total. The molecule has 118 valence electrons. The summed E-state index contributed by atoms with van der Waals surface area (Å²) in [5.41, 5.74) is 0. The predicted octanol–water partition coefficient (Wildman–Crippen LogP) is 4.39. The third-order valence-corrected chi connectivity index (χ3v) is 4.29. The largest absolute Gasteiger partial charge is 0.489 e. The molecular weight excluding hydrogens is 272 g/mol. The van der Waals surface area contributed by atoms with Crippen LogP contribution in [0.25, 0.3) is 0 Å². The Kier molecular flexibility index (Phi) is 6.43. The minimum Gasteiger partial charge on any atom is -0.489 e. The molecule has 0 saturated heterocycles. The monoisotopic (exact) mass is 297 g/mol. The third kappa shape index (κ3) is 5.27. The SMILES string of the molecule is CN(CCOc1cc(F)ccc1F)C1CCCCCCC1. The van der Waals surface area contributed by atoms with Crippen molar-refractivity contribution in [3.05, 3.63) is 29.8 Å². The van der Waals surface area contributed by atoms with E-state index in [0.29, 0.717) is 12.6 Å². The molecule has 1 aliphatic carbocycles.